The normalized spacial score (nSPS) is 19.4. The third-order valence-electron chi connectivity index (χ3n) is 4.98. The molecule has 0 atom stereocenters. The van der Waals surface area contributed by atoms with E-state index in [2.05, 4.69) is 45.0 Å². The van der Waals surface area contributed by atoms with Crippen molar-refractivity contribution in [2.24, 2.45) is 5.41 Å². The van der Waals surface area contributed by atoms with Crippen LogP contribution in [0.15, 0.2) is 0 Å². The smallest absolute Gasteiger partial charge is 0.0817 e. The van der Waals surface area contributed by atoms with Crippen LogP contribution in [0.4, 0.5) is 0 Å². The minimum Gasteiger partial charge on any atom is -0.388 e. The van der Waals surface area contributed by atoms with Gasteiger partial charge in [0.1, 0.15) is 0 Å². The summed E-state index contributed by atoms with van der Waals surface area (Å²) in [5.41, 5.74) is -0.272. The molecular formula is C17H36N2O2. The molecule has 0 bridgehead atoms. The van der Waals surface area contributed by atoms with Crippen LogP contribution < -0.4 is 5.32 Å². The summed E-state index contributed by atoms with van der Waals surface area (Å²) >= 11 is 0. The highest BCUT2D eigenvalue weighted by Crippen LogP contribution is 2.28. The van der Waals surface area contributed by atoms with Crippen molar-refractivity contribution in [1.29, 1.82) is 0 Å². The van der Waals surface area contributed by atoms with Gasteiger partial charge in [-0.1, -0.05) is 27.7 Å². The average Bonchev–Trinajstić information content (AvgIpc) is 2.43. The SMILES string of the molecule is CCC(CC)(CNC(C)C)CN(C)CC1(O)CCOCC1. The molecule has 1 heterocycles. The van der Waals surface area contributed by atoms with Crippen molar-refractivity contribution in [1.82, 2.24) is 10.2 Å². The van der Waals surface area contributed by atoms with E-state index in [0.29, 0.717) is 24.7 Å². The molecule has 1 fully saturated rings. The molecule has 21 heavy (non-hydrogen) atoms. The van der Waals surface area contributed by atoms with Crippen molar-refractivity contribution in [3.05, 3.63) is 0 Å². The van der Waals surface area contributed by atoms with Gasteiger partial charge in [0.2, 0.25) is 0 Å². The zero-order valence-corrected chi connectivity index (χ0v) is 14.7. The second-order valence-corrected chi connectivity index (χ2v) is 7.25. The van der Waals surface area contributed by atoms with Crippen LogP contribution in [0.2, 0.25) is 0 Å². The molecule has 4 heteroatoms. The summed E-state index contributed by atoms with van der Waals surface area (Å²) < 4.78 is 5.37. The van der Waals surface area contributed by atoms with E-state index in [-0.39, 0.29) is 0 Å². The lowest BCUT2D eigenvalue weighted by molar-refractivity contribution is -0.0806. The Morgan fingerprint density at radius 1 is 1.24 bits per heavy atom. The van der Waals surface area contributed by atoms with Crippen LogP contribution in [-0.4, -0.2) is 61.5 Å². The van der Waals surface area contributed by atoms with E-state index < -0.39 is 5.60 Å². The molecule has 0 aromatic heterocycles. The first kappa shape index (κ1) is 18.9. The van der Waals surface area contributed by atoms with Crippen molar-refractivity contribution >= 4 is 0 Å². The first-order chi connectivity index (χ1) is 9.85. The Kier molecular flexibility index (Phi) is 7.62. The van der Waals surface area contributed by atoms with Gasteiger partial charge in [-0.15, -0.1) is 0 Å². The minimum atomic E-state index is -0.564. The molecule has 0 aromatic carbocycles. The van der Waals surface area contributed by atoms with Crippen molar-refractivity contribution in [3.63, 3.8) is 0 Å². The second-order valence-electron chi connectivity index (χ2n) is 7.25. The van der Waals surface area contributed by atoms with Gasteiger partial charge in [0.15, 0.2) is 0 Å². The second kappa shape index (κ2) is 8.47. The summed E-state index contributed by atoms with van der Waals surface area (Å²) in [5.74, 6) is 0. The summed E-state index contributed by atoms with van der Waals surface area (Å²) in [7, 11) is 2.14. The maximum absolute atomic E-state index is 10.7. The van der Waals surface area contributed by atoms with E-state index in [9.17, 15) is 5.11 Å². The standard InChI is InChI=1S/C17H36N2O2/c1-6-16(7-2,12-18-15(3)4)13-19(5)14-17(20)8-10-21-11-9-17/h15,18,20H,6-14H2,1-5H3. The molecule has 0 radical (unpaired) electrons. The Morgan fingerprint density at radius 3 is 2.29 bits per heavy atom. The summed E-state index contributed by atoms with van der Waals surface area (Å²) in [6.07, 6.45) is 3.84. The van der Waals surface area contributed by atoms with Gasteiger partial charge < -0.3 is 20.1 Å². The lowest BCUT2D eigenvalue weighted by atomic mass is 9.81. The molecule has 1 aliphatic rings. The number of rotatable bonds is 9. The molecule has 1 saturated heterocycles. The first-order valence-corrected chi connectivity index (χ1v) is 8.57. The van der Waals surface area contributed by atoms with Crippen LogP contribution >= 0.6 is 0 Å². The molecule has 0 aromatic rings. The van der Waals surface area contributed by atoms with Crippen molar-refractivity contribution in [2.75, 3.05) is 39.9 Å². The lowest BCUT2D eigenvalue weighted by Gasteiger charge is -2.41. The summed E-state index contributed by atoms with van der Waals surface area (Å²) in [5, 5.41) is 14.3. The molecule has 0 saturated carbocycles. The topological polar surface area (TPSA) is 44.7 Å². The van der Waals surface area contributed by atoms with Crippen LogP contribution in [-0.2, 0) is 4.74 Å². The highest BCUT2D eigenvalue weighted by Gasteiger charge is 2.34. The Morgan fingerprint density at radius 2 is 1.81 bits per heavy atom. The van der Waals surface area contributed by atoms with Crippen LogP contribution in [0.3, 0.4) is 0 Å². The third kappa shape index (κ3) is 6.23. The maximum Gasteiger partial charge on any atom is 0.0817 e. The third-order valence-corrected chi connectivity index (χ3v) is 4.98. The molecule has 2 N–H and O–H groups in total. The fourth-order valence-corrected chi connectivity index (χ4v) is 3.24. The molecule has 0 amide bonds. The Balaban J connectivity index is 2.56. The van der Waals surface area contributed by atoms with Crippen LogP contribution in [0, 0.1) is 5.41 Å². The van der Waals surface area contributed by atoms with E-state index in [1.54, 1.807) is 0 Å². The number of hydrogen-bond acceptors (Lipinski definition) is 4. The number of aliphatic hydroxyl groups is 1. The molecule has 0 spiro atoms. The van der Waals surface area contributed by atoms with Gasteiger partial charge in [-0.3, -0.25) is 0 Å². The lowest BCUT2D eigenvalue weighted by Crippen LogP contribution is -2.50. The fraction of sp³-hybridized carbons (Fsp3) is 1.00. The predicted octanol–water partition coefficient (Wildman–Crippen LogP) is 2.26. The van der Waals surface area contributed by atoms with Gasteiger partial charge in [-0.2, -0.15) is 0 Å². The van der Waals surface area contributed by atoms with E-state index in [4.69, 9.17) is 4.74 Å². The number of hydrogen-bond donors (Lipinski definition) is 2. The highest BCUT2D eigenvalue weighted by molar-refractivity contribution is 4.88. The first-order valence-electron chi connectivity index (χ1n) is 8.57. The van der Waals surface area contributed by atoms with Crippen LogP contribution in [0.25, 0.3) is 0 Å². The van der Waals surface area contributed by atoms with Gasteiger partial charge in [0.25, 0.3) is 0 Å². The predicted molar refractivity (Wildman–Crippen MR) is 88.7 cm³/mol. The fourth-order valence-electron chi connectivity index (χ4n) is 3.24. The summed E-state index contributed by atoms with van der Waals surface area (Å²) in [6, 6.07) is 0.521. The zero-order valence-electron chi connectivity index (χ0n) is 14.7. The summed E-state index contributed by atoms with van der Waals surface area (Å²) in [6.45, 7) is 13.2. The van der Waals surface area contributed by atoms with Gasteiger partial charge >= 0.3 is 0 Å². The molecular weight excluding hydrogens is 264 g/mol. The molecule has 1 aliphatic heterocycles. The molecule has 126 valence electrons. The number of nitrogens with zero attached hydrogens (tertiary/aromatic N) is 1. The number of ether oxygens (including phenoxy) is 1. The Bertz CT molecular complexity index is 285. The number of likely N-dealkylation sites (N-methyl/N-ethyl adjacent to an activating group) is 1. The number of nitrogens with one attached hydrogen (secondary N) is 1. The summed E-state index contributed by atoms with van der Waals surface area (Å²) in [4.78, 5) is 2.32. The molecule has 0 aliphatic carbocycles. The molecule has 4 nitrogen and oxygen atoms in total. The zero-order chi connectivity index (χ0) is 15.9. The minimum absolute atomic E-state index is 0.292. The van der Waals surface area contributed by atoms with E-state index >= 15 is 0 Å². The van der Waals surface area contributed by atoms with Gasteiger partial charge in [0, 0.05) is 51.7 Å². The Labute approximate surface area is 131 Å². The molecule has 1 rings (SSSR count). The van der Waals surface area contributed by atoms with E-state index in [0.717, 1.165) is 45.3 Å². The van der Waals surface area contributed by atoms with Crippen LogP contribution in [0.5, 0.6) is 0 Å². The van der Waals surface area contributed by atoms with E-state index in [1.165, 1.54) is 0 Å². The van der Waals surface area contributed by atoms with Crippen molar-refractivity contribution in [3.8, 4) is 0 Å². The van der Waals surface area contributed by atoms with Gasteiger partial charge in [-0.25, -0.2) is 0 Å². The largest absolute Gasteiger partial charge is 0.388 e. The average molecular weight is 300 g/mol. The Hall–Kier alpha value is -0.160. The highest BCUT2D eigenvalue weighted by atomic mass is 16.5. The van der Waals surface area contributed by atoms with Crippen molar-refractivity contribution < 1.29 is 9.84 Å². The quantitative estimate of drug-likeness (QED) is 0.685. The van der Waals surface area contributed by atoms with Crippen molar-refractivity contribution in [2.45, 2.75) is 65.0 Å². The maximum atomic E-state index is 10.7. The van der Waals surface area contributed by atoms with Gasteiger partial charge in [-0.05, 0) is 25.3 Å². The van der Waals surface area contributed by atoms with Crippen LogP contribution in [0.1, 0.15) is 53.4 Å². The monoisotopic (exact) mass is 300 g/mol. The van der Waals surface area contributed by atoms with E-state index in [1.807, 2.05) is 0 Å². The molecule has 0 unspecified atom stereocenters. The van der Waals surface area contributed by atoms with Gasteiger partial charge in [0.05, 0.1) is 5.60 Å².